The van der Waals surface area contributed by atoms with Crippen molar-refractivity contribution in [2.45, 2.75) is 40.2 Å². The predicted octanol–water partition coefficient (Wildman–Crippen LogP) is 16.8. The first kappa shape index (κ1) is 38.8. The topological polar surface area (TPSA) is 9.86 Å². The van der Waals surface area contributed by atoms with Gasteiger partial charge < -0.3 is 9.13 Å². The smallest absolute Gasteiger partial charge is 0.0620 e. The Bertz CT molecular complexity index is 3030. The van der Waals surface area contributed by atoms with Crippen molar-refractivity contribution < 1.29 is 0 Å². The quantitative estimate of drug-likeness (QED) is 0.130. The third-order valence-corrected chi connectivity index (χ3v) is 12.3. The lowest BCUT2D eigenvalue weighted by atomic mass is 9.78. The van der Waals surface area contributed by atoms with E-state index in [1.807, 2.05) is 0 Å². The molecule has 0 amide bonds. The summed E-state index contributed by atoms with van der Waals surface area (Å²) in [6.45, 7) is 9.94. The molecular weight excluding hydrogens is 749 g/mol. The van der Waals surface area contributed by atoms with Crippen molar-refractivity contribution in [2.75, 3.05) is 0 Å². The molecule has 62 heavy (non-hydrogen) atoms. The van der Waals surface area contributed by atoms with Crippen LogP contribution >= 0.6 is 0 Å². The molecule has 8 aromatic carbocycles. The van der Waals surface area contributed by atoms with Crippen LogP contribution < -0.4 is 0 Å². The maximum Gasteiger partial charge on any atom is 0.0620 e. The van der Waals surface area contributed by atoms with Crippen molar-refractivity contribution in [3.63, 3.8) is 0 Å². The zero-order valence-electron chi connectivity index (χ0n) is 35.9. The van der Waals surface area contributed by atoms with Gasteiger partial charge in [0, 0.05) is 56.3 Å². The van der Waals surface area contributed by atoms with E-state index in [9.17, 15) is 0 Å². The third kappa shape index (κ3) is 6.51. The van der Waals surface area contributed by atoms with Crippen LogP contribution in [0, 0.1) is 0 Å². The van der Waals surface area contributed by atoms with Crippen LogP contribution in [0.3, 0.4) is 0 Å². The Kier molecular flexibility index (Phi) is 10.4. The third-order valence-electron chi connectivity index (χ3n) is 12.3. The molecule has 0 saturated heterocycles. The molecule has 0 fully saturated rings. The van der Waals surface area contributed by atoms with Gasteiger partial charge in [-0.2, -0.15) is 0 Å². The number of aryl methyl sites for hydroxylation is 1. The van der Waals surface area contributed by atoms with E-state index in [-0.39, 0.29) is 0 Å². The first-order valence-corrected chi connectivity index (χ1v) is 22.0. The molecule has 0 aliphatic carbocycles. The van der Waals surface area contributed by atoms with Gasteiger partial charge in [-0.15, -0.1) is 0 Å². The summed E-state index contributed by atoms with van der Waals surface area (Å²) >= 11 is 0. The van der Waals surface area contributed by atoms with Crippen molar-refractivity contribution in [1.82, 2.24) is 9.13 Å². The summed E-state index contributed by atoms with van der Waals surface area (Å²) in [4.78, 5) is 0. The van der Waals surface area contributed by atoms with Gasteiger partial charge in [0.05, 0.1) is 11.4 Å². The predicted molar refractivity (Wildman–Crippen MR) is 266 cm³/mol. The van der Waals surface area contributed by atoms with E-state index in [0.717, 1.165) is 23.4 Å². The zero-order valence-corrected chi connectivity index (χ0v) is 35.9. The van der Waals surface area contributed by atoms with Gasteiger partial charge in [-0.25, -0.2) is 0 Å². The lowest BCUT2D eigenvalue weighted by Crippen LogP contribution is -2.03. The van der Waals surface area contributed by atoms with Gasteiger partial charge >= 0.3 is 0 Å². The zero-order chi connectivity index (χ0) is 42.2. The Morgan fingerprint density at radius 3 is 1.18 bits per heavy atom. The number of hydrogen-bond donors (Lipinski definition) is 0. The fraction of sp³-hybridized carbons (Fsp3) is 0.100. The minimum absolute atomic E-state index is 0.362. The molecule has 0 unspecified atom stereocenters. The molecule has 0 bridgehead atoms. The van der Waals surface area contributed by atoms with E-state index in [1.54, 1.807) is 0 Å². The van der Waals surface area contributed by atoms with Crippen LogP contribution in [0.5, 0.6) is 0 Å². The summed E-state index contributed by atoms with van der Waals surface area (Å²) in [5, 5.41) is 3.71. The second kappa shape index (κ2) is 16.6. The highest BCUT2D eigenvalue weighted by atomic mass is 15.0. The van der Waals surface area contributed by atoms with Crippen molar-refractivity contribution in [3.8, 4) is 72.7 Å². The molecular formula is C60H50N2. The van der Waals surface area contributed by atoms with Gasteiger partial charge in [0.15, 0.2) is 0 Å². The van der Waals surface area contributed by atoms with Gasteiger partial charge in [0.2, 0.25) is 0 Å². The number of fused-ring (bicyclic) bond motifs is 2. The van der Waals surface area contributed by atoms with Crippen LogP contribution in [-0.4, -0.2) is 9.13 Å². The molecule has 0 aliphatic rings. The number of rotatable bonds is 10. The standard InChI is InChI=1S/C60H50N2/c1-5-25-49-50-40-48(38-39-51(50)61(6-2)58(49)41(3)4)62-59(46-34-21-11-22-35-46)56-54(44-30-17-9-18-31-44)52(42-26-13-7-14-27-42)53(43-28-15-8-16-29-43)55(45-32-19-10-20-33-45)57(56)60(62)47-36-23-12-24-37-47/h5,7-41H,6H2,1-4H3/b25-5-. The van der Waals surface area contributed by atoms with E-state index in [0.29, 0.717) is 5.92 Å². The second-order valence-corrected chi connectivity index (χ2v) is 16.4. The van der Waals surface area contributed by atoms with E-state index in [2.05, 4.69) is 249 Å². The Labute approximate surface area is 365 Å². The molecule has 2 heteroatoms. The minimum Gasteiger partial charge on any atom is -0.344 e. The highest BCUT2D eigenvalue weighted by molar-refractivity contribution is 6.26. The summed E-state index contributed by atoms with van der Waals surface area (Å²) in [5.74, 6) is 0.362. The Morgan fingerprint density at radius 1 is 0.452 bits per heavy atom. The summed E-state index contributed by atoms with van der Waals surface area (Å²) in [6.07, 6.45) is 4.51. The number of nitrogens with zero attached hydrogens (tertiary/aromatic N) is 2. The van der Waals surface area contributed by atoms with Crippen molar-refractivity contribution >= 4 is 27.8 Å². The number of benzene rings is 8. The number of allylic oxidation sites excluding steroid dienone is 1. The monoisotopic (exact) mass is 798 g/mol. The lowest BCUT2D eigenvalue weighted by Gasteiger charge is -2.24. The molecule has 2 aromatic heterocycles. The molecule has 10 rings (SSSR count). The fourth-order valence-electron chi connectivity index (χ4n) is 9.96. The van der Waals surface area contributed by atoms with E-state index in [1.165, 1.54) is 88.8 Å². The van der Waals surface area contributed by atoms with Gasteiger partial charge in [-0.1, -0.05) is 208 Å². The number of hydrogen-bond acceptors (Lipinski definition) is 0. The maximum atomic E-state index is 2.59. The Morgan fingerprint density at radius 2 is 0.823 bits per heavy atom. The molecule has 0 N–H and O–H groups in total. The average molecular weight is 799 g/mol. The number of aromatic nitrogens is 2. The molecule has 300 valence electrons. The van der Waals surface area contributed by atoms with E-state index >= 15 is 0 Å². The maximum absolute atomic E-state index is 2.59. The van der Waals surface area contributed by atoms with Crippen LogP contribution in [0.4, 0.5) is 0 Å². The summed E-state index contributed by atoms with van der Waals surface area (Å²) in [7, 11) is 0. The SMILES string of the molecule is C/C=C\c1c(C(C)C)n(CC)c2ccc(-n3c(-c4ccccc4)c4c(-c5ccccc5)c(-c5ccccc5)c(-c5ccccc5)c(-c5ccccc5)c4c3-c3ccccc3)cc12. The van der Waals surface area contributed by atoms with Crippen LogP contribution in [0.2, 0.25) is 0 Å². The molecule has 0 spiro atoms. The highest BCUT2D eigenvalue weighted by Gasteiger charge is 2.32. The fourth-order valence-corrected chi connectivity index (χ4v) is 9.96. The average Bonchev–Trinajstić information content (AvgIpc) is 3.85. The summed E-state index contributed by atoms with van der Waals surface area (Å²) < 4.78 is 5.11. The second-order valence-electron chi connectivity index (χ2n) is 16.4. The largest absolute Gasteiger partial charge is 0.344 e. The molecule has 0 saturated carbocycles. The van der Waals surface area contributed by atoms with Crippen molar-refractivity contribution in [3.05, 3.63) is 218 Å². The summed E-state index contributed by atoms with van der Waals surface area (Å²) in [6, 6.07) is 73.6. The van der Waals surface area contributed by atoms with Gasteiger partial charge in [0.25, 0.3) is 0 Å². The van der Waals surface area contributed by atoms with Crippen LogP contribution in [0.15, 0.2) is 206 Å². The molecule has 0 aliphatic heterocycles. The Balaban J connectivity index is 1.54. The highest BCUT2D eigenvalue weighted by Crippen LogP contribution is 2.57. The molecule has 2 nitrogen and oxygen atoms in total. The normalized spacial score (nSPS) is 11.7. The van der Waals surface area contributed by atoms with Crippen LogP contribution in [-0.2, 0) is 6.54 Å². The lowest BCUT2D eigenvalue weighted by molar-refractivity contribution is 0.689. The first-order valence-electron chi connectivity index (χ1n) is 22.0. The van der Waals surface area contributed by atoms with Gasteiger partial charge in [-0.05, 0) is 82.5 Å². The van der Waals surface area contributed by atoms with E-state index in [4.69, 9.17) is 0 Å². The molecule has 0 radical (unpaired) electrons. The molecule has 0 atom stereocenters. The summed E-state index contributed by atoms with van der Waals surface area (Å²) in [5.41, 5.74) is 19.3. The van der Waals surface area contributed by atoms with E-state index < -0.39 is 0 Å². The van der Waals surface area contributed by atoms with Crippen molar-refractivity contribution in [2.24, 2.45) is 0 Å². The van der Waals surface area contributed by atoms with Gasteiger partial charge in [-0.3, -0.25) is 0 Å². The first-order chi connectivity index (χ1) is 30.6. The van der Waals surface area contributed by atoms with Crippen molar-refractivity contribution in [1.29, 1.82) is 0 Å². The van der Waals surface area contributed by atoms with Gasteiger partial charge in [0.1, 0.15) is 0 Å². The molecule has 10 aromatic rings. The minimum atomic E-state index is 0.362. The molecule has 2 heterocycles. The van der Waals surface area contributed by atoms with Crippen LogP contribution in [0.1, 0.15) is 44.9 Å². The van der Waals surface area contributed by atoms with Crippen LogP contribution in [0.25, 0.3) is 100 Å². The Hall–Kier alpha value is -7.42.